The molecule has 21 heavy (non-hydrogen) atoms. The summed E-state index contributed by atoms with van der Waals surface area (Å²) >= 11 is 1.33. The maximum atomic E-state index is 5.69. The van der Waals surface area contributed by atoms with E-state index >= 15 is 0 Å². The van der Waals surface area contributed by atoms with Gasteiger partial charge in [0.15, 0.2) is 5.13 Å². The van der Waals surface area contributed by atoms with Crippen molar-refractivity contribution in [1.29, 1.82) is 0 Å². The highest BCUT2D eigenvalue weighted by atomic mass is 32.1. The summed E-state index contributed by atoms with van der Waals surface area (Å²) in [6, 6.07) is 7.57. The smallest absolute Gasteiger partial charge is 0.270 e. The Kier molecular flexibility index (Phi) is 3.57. The van der Waals surface area contributed by atoms with Gasteiger partial charge in [0, 0.05) is 5.56 Å². The van der Waals surface area contributed by atoms with Gasteiger partial charge in [-0.25, -0.2) is 4.98 Å². The van der Waals surface area contributed by atoms with E-state index in [-0.39, 0.29) is 0 Å². The molecule has 0 unspecified atom stereocenters. The monoisotopic (exact) mass is 302 g/mol. The molecule has 0 saturated heterocycles. The lowest BCUT2D eigenvalue weighted by atomic mass is 10.2. The number of hydrogen-bond donors (Lipinski definition) is 1. The number of aromatic nitrogens is 3. The van der Waals surface area contributed by atoms with Gasteiger partial charge in [0.1, 0.15) is 10.6 Å². The third kappa shape index (κ3) is 2.73. The summed E-state index contributed by atoms with van der Waals surface area (Å²) < 4.78 is 10.8. The summed E-state index contributed by atoms with van der Waals surface area (Å²) in [4.78, 5) is 9.36. The largest absolute Gasteiger partial charge is 0.494 e. The summed E-state index contributed by atoms with van der Waals surface area (Å²) in [7, 11) is 0. The molecule has 7 heteroatoms. The van der Waals surface area contributed by atoms with Gasteiger partial charge in [0.25, 0.3) is 5.89 Å². The van der Waals surface area contributed by atoms with Crippen LogP contribution in [-0.2, 0) is 0 Å². The van der Waals surface area contributed by atoms with Gasteiger partial charge in [0.2, 0.25) is 5.82 Å². The van der Waals surface area contributed by atoms with Crippen LogP contribution >= 0.6 is 11.3 Å². The zero-order valence-electron chi connectivity index (χ0n) is 11.7. The summed E-state index contributed by atoms with van der Waals surface area (Å²) in [5, 5.41) is 4.50. The van der Waals surface area contributed by atoms with Gasteiger partial charge in [-0.1, -0.05) is 28.6 Å². The first kappa shape index (κ1) is 13.6. The first-order valence-electron chi connectivity index (χ1n) is 6.47. The Labute approximate surface area is 125 Å². The molecule has 0 fully saturated rings. The van der Waals surface area contributed by atoms with Crippen LogP contribution in [0, 0.1) is 6.92 Å². The highest BCUT2D eigenvalue weighted by molar-refractivity contribution is 7.18. The number of anilines is 1. The number of ether oxygens (including phenoxy) is 1. The number of benzene rings is 1. The minimum absolute atomic E-state index is 0.429. The molecule has 108 valence electrons. The predicted molar refractivity (Wildman–Crippen MR) is 81.2 cm³/mol. The van der Waals surface area contributed by atoms with Gasteiger partial charge in [-0.15, -0.1) is 0 Å². The van der Waals surface area contributed by atoms with Crippen molar-refractivity contribution in [3.05, 3.63) is 30.0 Å². The van der Waals surface area contributed by atoms with Crippen molar-refractivity contribution < 1.29 is 9.26 Å². The molecule has 0 aliphatic heterocycles. The van der Waals surface area contributed by atoms with Gasteiger partial charge < -0.3 is 15.0 Å². The number of nitrogens with zero attached hydrogens (tertiary/aromatic N) is 3. The second kappa shape index (κ2) is 5.53. The molecule has 0 spiro atoms. The lowest BCUT2D eigenvalue weighted by molar-refractivity contribution is 0.340. The Balaban J connectivity index is 1.95. The van der Waals surface area contributed by atoms with Crippen LogP contribution in [0.1, 0.15) is 12.6 Å². The Bertz CT molecular complexity index is 766. The normalized spacial score (nSPS) is 10.8. The predicted octanol–water partition coefficient (Wildman–Crippen LogP) is 3.15. The molecule has 0 atom stereocenters. The van der Waals surface area contributed by atoms with Gasteiger partial charge in [-0.3, -0.25) is 0 Å². The molecule has 3 aromatic rings. The van der Waals surface area contributed by atoms with Crippen LogP contribution in [0.15, 0.2) is 28.8 Å². The Morgan fingerprint density at radius 2 is 2.19 bits per heavy atom. The quantitative estimate of drug-likeness (QED) is 0.796. The van der Waals surface area contributed by atoms with E-state index < -0.39 is 0 Å². The van der Waals surface area contributed by atoms with Crippen molar-refractivity contribution in [3.63, 3.8) is 0 Å². The minimum atomic E-state index is 0.429. The minimum Gasteiger partial charge on any atom is -0.494 e. The average Bonchev–Trinajstić information content (AvgIpc) is 3.06. The molecule has 0 saturated carbocycles. The molecule has 0 aliphatic rings. The standard InChI is InChI=1S/C14H14N4O2S/c1-3-19-10-6-4-5-9(7-10)12-17-13(20-18-12)11-8(2)16-14(15)21-11/h4-7H,3H2,1-2H3,(H2,15,16). The van der Waals surface area contributed by atoms with Crippen LogP contribution in [0.2, 0.25) is 0 Å². The zero-order valence-corrected chi connectivity index (χ0v) is 12.5. The third-order valence-corrected chi connectivity index (χ3v) is 3.81. The van der Waals surface area contributed by atoms with E-state index in [2.05, 4.69) is 15.1 Å². The van der Waals surface area contributed by atoms with Crippen LogP contribution in [0.25, 0.3) is 22.2 Å². The van der Waals surface area contributed by atoms with Crippen LogP contribution in [-0.4, -0.2) is 21.7 Å². The molecule has 2 N–H and O–H groups in total. The fourth-order valence-corrected chi connectivity index (χ4v) is 2.70. The summed E-state index contributed by atoms with van der Waals surface area (Å²) in [6.45, 7) is 4.41. The number of nitrogens with two attached hydrogens (primary N) is 1. The number of hydrogen-bond acceptors (Lipinski definition) is 7. The molecular weight excluding hydrogens is 288 g/mol. The maximum absolute atomic E-state index is 5.69. The van der Waals surface area contributed by atoms with E-state index in [0.29, 0.717) is 23.5 Å². The molecule has 3 rings (SSSR count). The third-order valence-electron chi connectivity index (χ3n) is 2.84. The first-order chi connectivity index (χ1) is 10.2. The second-order valence-electron chi connectivity index (χ2n) is 4.35. The number of aryl methyl sites for hydroxylation is 1. The lowest BCUT2D eigenvalue weighted by Gasteiger charge is -2.02. The molecule has 1 aromatic carbocycles. The van der Waals surface area contributed by atoms with Crippen LogP contribution in [0.5, 0.6) is 5.75 Å². The van der Waals surface area contributed by atoms with Crippen LogP contribution in [0.3, 0.4) is 0 Å². The molecule has 2 aromatic heterocycles. The van der Waals surface area contributed by atoms with E-state index in [9.17, 15) is 0 Å². The number of thiazole rings is 1. The summed E-state index contributed by atoms with van der Waals surface area (Å²) in [5.41, 5.74) is 7.32. The maximum Gasteiger partial charge on any atom is 0.270 e. The molecule has 0 aliphatic carbocycles. The highest BCUT2D eigenvalue weighted by Crippen LogP contribution is 2.31. The lowest BCUT2D eigenvalue weighted by Crippen LogP contribution is -1.91. The van der Waals surface area contributed by atoms with Gasteiger partial charge in [-0.2, -0.15) is 4.98 Å². The second-order valence-corrected chi connectivity index (χ2v) is 5.38. The van der Waals surface area contributed by atoms with E-state index in [1.165, 1.54) is 11.3 Å². The van der Waals surface area contributed by atoms with Crippen molar-refractivity contribution in [2.24, 2.45) is 0 Å². The van der Waals surface area contributed by atoms with Gasteiger partial charge in [0.05, 0.1) is 12.3 Å². The van der Waals surface area contributed by atoms with E-state index in [1.54, 1.807) is 0 Å². The van der Waals surface area contributed by atoms with Crippen LogP contribution < -0.4 is 10.5 Å². The molecule has 2 heterocycles. The number of nitrogen functional groups attached to an aromatic ring is 1. The van der Waals surface area contributed by atoms with Crippen molar-refractivity contribution >= 4 is 16.5 Å². The van der Waals surface area contributed by atoms with Crippen molar-refractivity contribution in [3.8, 4) is 27.9 Å². The fourth-order valence-electron chi connectivity index (χ4n) is 1.94. The Morgan fingerprint density at radius 3 is 2.90 bits per heavy atom. The van der Waals surface area contributed by atoms with Crippen molar-refractivity contribution in [1.82, 2.24) is 15.1 Å². The molecule has 6 nitrogen and oxygen atoms in total. The number of rotatable bonds is 4. The van der Waals surface area contributed by atoms with Crippen LogP contribution in [0.4, 0.5) is 5.13 Å². The average molecular weight is 302 g/mol. The van der Waals surface area contributed by atoms with Crippen molar-refractivity contribution in [2.75, 3.05) is 12.3 Å². The van der Waals surface area contributed by atoms with E-state index in [1.807, 2.05) is 38.1 Å². The molecule has 0 amide bonds. The molecule has 0 bridgehead atoms. The first-order valence-corrected chi connectivity index (χ1v) is 7.29. The van der Waals surface area contributed by atoms with Crippen molar-refractivity contribution in [2.45, 2.75) is 13.8 Å². The zero-order chi connectivity index (χ0) is 14.8. The Hall–Kier alpha value is -2.41. The topological polar surface area (TPSA) is 87.1 Å². The fraction of sp³-hybridized carbons (Fsp3) is 0.214. The SMILES string of the molecule is CCOc1cccc(-c2noc(-c3sc(N)nc3C)n2)c1. The van der Waals surface area contributed by atoms with E-state index in [0.717, 1.165) is 21.9 Å². The summed E-state index contributed by atoms with van der Waals surface area (Å²) in [6.07, 6.45) is 0. The highest BCUT2D eigenvalue weighted by Gasteiger charge is 2.16. The van der Waals surface area contributed by atoms with E-state index in [4.69, 9.17) is 15.0 Å². The van der Waals surface area contributed by atoms with Gasteiger partial charge in [-0.05, 0) is 26.0 Å². The molecular formula is C14H14N4O2S. The molecule has 0 radical (unpaired) electrons. The Morgan fingerprint density at radius 1 is 1.33 bits per heavy atom. The van der Waals surface area contributed by atoms with Gasteiger partial charge >= 0.3 is 0 Å². The summed E-state index contributed by atoms with van der Waals surface area (Å²) in [5.74, 6) is 1.72.